The smallest absolute Gasteiger partial charge is 0.335 e. The van der Waals surface area contributed by atoms with Gasteiger partial charge in [-0.3, -0.25) is 4.90 Å². The van der Waals surface area contributed by atoms with Crippen LogP contribution in [-0.2, 0) is 14.9 Å². The molecule has 4 bridgehead atoms. The molecule has 6 rings (SSSR count). The first-order valence-corrected chi connectivity index (χ1v) is 9.74. The van der Waals surface area contributed by atoms with Gasteiger partial charge >= 0.3 is 5.97 Å². The summed E-state index contributed by atoms with van der Waals surface area (Å²) >= 11 is 0. The Balaban J connectivity index is 1.65. The van der Waals surface area contributed by atoms with Gasteiger partial charge in [0.05, 0.1) is 23.7 Å². The molecule has 2 saturated heterocycles. The summed E-state index contributed by atoms with van der Waals surface area (Å²) < 4.78 is 5.24. The number of nitrogens with zero attached hydrogens (tertiary/aromatic N) is 1. The van der Waals surface area contributed by atoms with Crippen LogP contribution in [0.15, 0.2) is 35.5 Å². The molecule has 1 aromatic rings. The van der Waals surface area contributed by atoms with Crippen LogP contribution in [-0.4, -0.2) is 47.3 Å². The van der Waals surface area contributed by atoms with Crippen LogP contribution in [0.2, 0.25) is 0 Å². The molecule has 3 fully saturated rings. The number of esters is 1. The van der Waals surface area contributed by atoms with Crippen molar-refractivity contribution in [3.8, 4) is 0 Å². The summed E-state index contributed by atoms with van der Waals surface area (Å²) in [6.45, 7) is 3.05. The van der Waals surface area contributed by atoms with E-state index in [1.54, 1.807) is 0 Å². The molecule has 2 aliphatic carbocycles. The largest absolute Gasteiger partial charge is 0.466 e. The summed E-state index contributed by atoms with van der Waals surface area (Å²) in [5.74, 6) is 0.160. The summed E-state index contributed by atoms with van der Waals surface area (Å²) in [5, 5.41) is 15.0. The minimum absolute atomic E-state index is 0.0306. The number of piperidine rings is 1. The minimum atomic E-state index is -0.699. The second-order valence-electron chi connectivity index (χ2n) is 8.65. The molecule has 1 saturated carbocycles. The van der Waals surface area contributed by atoms with Crippen LogP contribution in [0.5, 0.6) is 0 Å². The lowest BCUT2D eigenvalue weighted by atomic mass is 9.62. The van der Waals surface area contributed by atoms with E-state index in [0.29, 0.717) is 12.0 Å². The van der Waals surface area contributed by atoms with Crippen LogP contribution >= 0.6 is 0 Å². The van der Waals surface area contributed by atoms with Gasteiger partial charge in [-0.1, -0.05) is 25.1 Å². The summed E-state index contributed by atoms with van der Waals surface area (Å²) in [7, 11) is 1.47. The SMILES string of the molecule is CC[C@@]1(O)C[C@@H]2[C@H]3C(C(=O)OC)=C4Nc5ccccc5[C@]45CCN([C@H]31)[C@H]25. The van der Waals surface area contributed by atoms with Gasteiger partial charge in [0.2, 0.25) is 0 Å². The van der Waals surface area contributed by atoms with Crippen LogP contribution < -0.4 is 5.32 Å². The Morgan fingerprint density at radius 1 is 1.38 bits per heavy atom. The first-order valence-electron chi connectivity index (χ1n) is 9.74. The number of anilines is 1. The van der Waals surface area contributed by atoms with Gasteiger partial charge in [-0.2, -0.15) is 0 Å². The number of hydrogen-bond donors (Lipinski definition) is 2. The third kappa shape index (κ3) is 1.37. The van der Waals surface area contributed by atoms with Crippen molar-refractivity contribution >= 4 is 11.7 Å². The van der Waals surface area contributed by atoms with E-state index in [4.69, 9.17) is 4.74 Å². The molecule has 3 heterocycles. The number of nitrogens with one attached hydrogen (secondary N) is 1. The Kier molecular flexibility index (Phi) is 2.65. The van der Waals surface area contributed by atoms with Crippen LogP contribution in [0.3, 0.4) is 0 Å². The molecule has 26 heavy (non-hydrogen) atoms. The molecule has 5 nitrogen and oxygen atoms in total. The van der Waals surface area contributed by atoms with E-state index in [1.807, 2.05) is 6.07 Å². The van der Waals surface area contributed by atoms with Crippen molar-refractivity contribution in [2.24, 2.45) is 11.8 Å². The third-order valence-electron chi connectivity index (χ3n) is 8.06. The third-order valence-corrected chi connectivity index (χ3v) is 8.06. The Morgan fingerprint density at radius 3 is 2.96 bits per heavy atom. The number of methoxy groups -OCH3 is 1. The highest BCUT2D eigenvalue weighted by molar-refractivity contribution is 5.94. The van der Waals surface area contributed by atoms with Crippen molar-refractivity contribution in [2.75, 3.05) is 19.0 Å². The van der Waals surface area contributed by atoms with Crippen molar-refractivity contribution in [2.45, 2.75) is 49.3 Å². The Morgan fingerprint density at radius 2 is 2.19 bits per heavy atom. The van der Waals surface area contributed by atoms with Crippen molar-refractivity contribution < 1.29 is 14.6 Å². The highest BCUT2D eigenvalue weighted by Gasteiger charge is 2.76. The fourth-order valence-corrected chi connectivity index (χ4v) is 7.32. The maximum absolute atomic E-state index is 12.9. The van der Waals surface area contributed by atoms with Gasteiger partial charge in [-0.15, -0.1) is 0 Å². The molecule has 0 amide bonds. The molecular formula is C21H24N2O3. The summed E-state index contributed by atoms with van der Waals surface area (Å²) in [6.07, 6.45) is 2.52. The minimum Gasteiger partial charge on any atom is -0.466 e. The summed E-state index contributed by atoms with van der Waals surface area (Å²) in [6, 6.07) is 8.88. The first-order chi connectivity index (χ1) is 12.6. The van der Waals surface area contributed by atoms with Crippen LogP contribution in [0.25, 0.3) is 0 Å². The highest BCUT2D eigenvalue weighted by atomic mass is 16.5. The maximum atomic E-state index is 12.9. The van der Waals surface area contributed by atoms with Gasteiger partial charge in [-0.25, -0.2) is 4.79 Å². The van der Waals surface area contributed by atoms with Gasteiger partial charge < -0.3 is 15.2 Å². The summed E-state index contributed by atoms with van der Waals surface area (Å²) in [4.78, 5) is 15.4. The van der Waals surface area contributed by atoms with Crippen LogP contribution in [0.1, 0.15) is 31.7 Å². The molecule has 3 aliphatic heterocycles. The molecule has 136 valence electrons. The van der Waals surface area contributed by atoms with Crippen LogP contribution in [0, 0.1) is 11.8 Å². The molecule has 0 unspecified atom stereocenters. The number of carbonyl (C=O) groups is 1. The Hall–Kier alpha value is -1.85. The molecule has 0 aromatic heterocycles. The maximum Gasteiger partial charge on any atom is 0.335 e. The fourth-order valence-electron chi connectivity index (χ4n) is 7.32. The van der Waals surface area contributed by atoms with E-state index < -0.39 is 5.60 Å². The van der Waals surface area contributed by atoms with Gasteiger partial charge in [0.25, 0.3) is 0 Å². The molecule has 6 atom stereocenters. The first kappa shape index (κ1) is 15.2. The molecule has 5 aliphatic rings. The number of ether oxygens (including phenoxy) is 1. The van der Waals surface area contributed by atoms with E-state index in [9.17, 15) is 9.90 Å². The predicted octanol–water partition coefficient (Wildman–Crippen LogP) is 2.02. The highest BCUT2D eigenvalue weighted by Crippen LogP contribution is 2.70. The standard InChI is InChI=1S/C21H24N2O3/c1-3-20(25)10-11-14-15(19(24)26-2)16-21(8-9-23(17(11)21)18(14)20)12-6-4-5-7-13(12)22-16/h4-7,11,14,17-18,22,25H,3,8-10H2,1-2H3/t11-,14+,17-,18-,20-,21-/m1/s1. The van der Waals surface area contributed by atoms with Crippen molar-refractivity contribution in [3.05, 3.63) is 41.1 Å². The van der Waals surface area contributed by atoms with Gasteiger partial charge in [-0.05, 0) is 36.8 Å². The number of aliphatic hydroxyl groups is 1. The zero-order valence-electron chi connectivity index (χ0n) is 15.2. The number of carbonyl (C=O) groups excluding carboxylic acids is 1. The fraction of sp³-hybridized carbons (Fsp3) is 0.571. The van der Waals surface area contributed by atoms with Gasteiger partial charge in [0.1, 0.15) is 0 Å². The second-order valence-corrected chi connectivity index (χ2v) is 8.65. The van der Waals surface area contributed by atoms with Gasteiger partial charge in [0.15, 0.2) is 0 Å². The lowest BCUT2D eigenvalue weighted by Crippen LogP contribution is -2.55. The van der Waals surface area contributed by atoms with E-state index >= 15 is 0 Å². The predicted molar refractivity (Wildman–Crippen MR) is 96.5 cm³/mol. The quantitative estimate of drug-likeness (QED) is 0.798. The molecular weight excluding hydrogens is 328 g/mol. The lowest BCUT2D eigenvalue weighted by Gasteiger charge is -2.45. The molecule has 1 aromatic carbocycles. The molecule has 2 N–H and O–H groups in total. The Labute approximate surface area is 153 Å². The van der Waals surface area contributed by atoms with Crippen LogP contribution in [0.4, 0.5) is 5.69 Å². The molecule has 0 radical (unpaired) electrons. The average molecular weight is 352 g/mol. The average Bonchev–Trinajstić information content (AvgIpc) is 3.34. The van der Waals surface area contributed by atoms with Crippen molar-refractivity contribution in [1.29, 1.82) is 0 Å². The number of hydrogen-bond acceptors (Lipinski definition) is 5. The number of rotatable bonds is 2. The topological polar surface area (TPSA) is 61.8 Å². The van der Waals surface area contributed by atoms with E-state index in [-0.39, 0.29) is 23.3 Å². The number of benzene rings is 1. The van der Waals surface area contributed by atoms with E-state index in [1.165, 1.54) is 12.7 Å². The van der Waals surface area contributed by atoms with Crippen molar-refractivity contribution in [3.63, 3.8) is 0 Å². The lowest BCUT2D eigenvalue weighted by molar-refractivity contribution is -0.137. The second kappa shape index (κ2) is 4.52. The monoisotopic (exact) mass is 352 g/mol. The normalized spacial score (nSPS) is 44.1. The number of para-hydroxylation sites is 1. The van der Waals surface area contributed by atoms with E-state index in [0.717, 1.165) is 42.8 Å². The Bertz CT molecular complexity index is 880. The number of fused-ring (bicyclic) bond motifs is 2. The molecule has 1 spiro atoms. The summed E-state index contributed by atoms with van der Waals surface area (Å²) in [5.41, 5.74) is 3.44. The molecule has 5 heteroatoms. The zero-order valence-corrected chi connectivity index (χ0v) is 15.2. The van der Waals surface area contributed by atoms with Crippen molar-refractivity contribution in [1.82, 2.24) is 4.90 Å². The zero-order chi connectivity index (χ0) is 17.8. The van der Waals surface area contributed by atoms with Gasteiger partial charge in [0, 0.05) is 35.9 Å². The van der Waals surface area contributed by atoms with E-state index in [2.05, 4.69) is 35.3 Å².